The summed E-state index contributed by atoms with van der Waals surface area (Å²) in [6, 6.07) is 1.53. The predicted molar refractivity (Wildman–Crippen MR) is 66.6 cm³/mol. The average molecular weight is 278 g/mol. The quantitative estimate of drug-likeness (QED) is 0.851. The van der Waals surface area contributed by atoms with E-state index < -0.39 is 12.7 Å². The fraction of sp³-hybridized carbons (Fsp3) is 0.500. The molecule has 0 atom stereocenters. The minimum atomic E-state index is -4.31. The van der Waals surface area contributed by atoms with Gasteiger partial charge in [-0.05, 0) is 19.9 Å². The second-order valence-corrected chi connectivity index (χ2v) is 4.13. The Kier molecular flexibility index (Phi) is 4.44. The van der Waals surface area contributed by atoms with E-state index >= 15 is 0 Å². The van der Waals surface area contributed by atoms with E-state index in [1.165, 1.54) is 6.07 Å². The minimum Gasteiger partial charge on any atom is -0.388 e. The first-order chi connectivity index (χ1) is 8.23. The molecule has 0 bridgehead atoms. The maximum atomic E-state index is 12.4. The molecule has 8 heteroatoms. The van der Waals surface area contributed by atoms with E-state index in [0.717, 1.165) is 4.90 Å². The number of alkyl halides is 3. The highest BCUT2D eigenvalue weighted by Gasteiger charge is 2.31. The molecular formula is C10H13F3N4S. The number of aromatic nitrogens is 2. The van der Waals surface area contributed by atoms with Crippen molar-refractivity contribution in [2.24, 2.45) is 5.73 Å². The number of rotatable bonds is 4. The Morgan fingerprint density at radius 3 is 2.50 bits per heavy atom. The summed E-state index contributed by atoms with van der Waals surface area (Å²) in [7, 11) is 0. The fourth-order valence-electron chi connectivity index (χ4n) is 1.36. The van der Waals surface area contributed by atoms with Crippen molar-refractivity contribution in [1.29, 1.82) is 0 Å². The van der Waals surface area contributed by atoms with Gasteiger partial charge in [0.2, 0.25) is 5.95 Å². The van der Waals surface area contributed by atoms with Crippen LogP contribution in [0.4, 0.5) is 19.1 Å². The highest BCUT2D eigenvalue weighted by atomic mass is 32.1. The van der Waals surface area contributed by atoms with E-state index in [4.69, 9.17) is 18.0 Å². The number of hydrogen-bond donors (Lipinski definition) is 1. The second-order valence-electron chi connectivity index (χ2n) is 3.69. The van der Waals surface area contributed by atoms with Crippen molar-refractivity contribution in [3.8, 4) is 0 Å². The lowest BCUT2D eigenvalue weighted by Crippen LogP contribution is -2.35. The van der Waals surface area contributed by atoms with E-state index in [1.807, 2.05) is 0 Å². The molecule has 0 unspecified atom stereocenters. The van der Waals surface area contributed by atoms with Crippen LogP contribution < -0.4 is 10.6 Å². The van der Waals surface area contributed by atoms with E-state index in [0.29, 0.717) is 5.69 Å². The van der Waals surface area contributed by atoms with Gasteiger partial charge in [-0.25, -0.2) is 9.97 Å². The number of halogens is 3. The van der Waals surface area contributed by atoms with Crippen molar-refractivity contribution in [1.82, 2.24) is 9.97 Å². The van der Waals surface area contributed by atoms with Gasteiger partial charge in [0.15, 0.2) is 0 Å². The summed E-state index contributed by atoms with van der Waals surface area (Å²) >= 11 is 4.76. The first kappa shape index (κ1) is 14.6. The van der Waals surface area contributed by atoms with Crippen molar-refractivity contribution in [2.75, 3.05) is 18.0 Å². The van der Waals surface area contributed by atoms with Gasteiger partial charge in [0.1, 0.15) is 17.2 Å². The van der Waals surface area contributed by atoms with Crippen LogP contribution in [-0.4, -0.2) is 34.2 Å². The molecule has 2 N–H and O–H groups in total. The molecule has 4 nitrogen and oxygen atoms in total. The van der Waals surface area contributed by atoms with Crippen molar-refractivity contribution in [3.63, 3.8) is 0 Å². The molecule has 18 heavy (non-hydrogen) atoms. The zero-order chi connectivity index (χ0) is 13.9. The van der Waals surface area contributed by atoms with Crippen LogP contribution in [0.2, 0.25) is 0 Å². The summed E-state index contributed by atoms with van der Waals surface area (Å²) in [5.41, 5.74) is 6.21. The van der Waals surface area contributed by atoms with Crippen LogP contribution in [0.25, 0.3) is 0 Å². The molecule has 0 aliphatic heterocycles. The number of nitrogens with zero attached hydrogens (tertiary/aromatic N) is 3. The summed E-state index contributed by atoms with van der Waals surface area (Å²) in [6.07, 6.45) is -4.31. The summed E-state index contributed by atoms with van der Waals surface area (Å²) in [5, 5.41) is 0. The summed E-state index contributed by atoms with van der Waals surface area (Å²) in [4.78, 5) is 8.96. The monoisotopic (exact) mass is 278 g/mol. The van der Waals surface area contributed by atoms with Gasteiger partial charge in [-0.1, -0.05) is 12.2 Å². The SMILES string of the molecule is CCN(CC(F)(F)F)c1nc(C)cc(C(N)=S)n1. The Balaban J connectivity index is 3.09. The lowest BCUT2D eigenvalue weighted by atomic mass is 10.3. The first-order valence-electron chi connectivity index (χ1n) is 5.20. The van der Waals surface area contributed by atoms with Crippen molar-refractivity contribution in [3.05, 3.63) is 17.5 Å². The zero-order valence-corrected chi connectivity index (χ0v) is 10.8. The molecule has 0 radical (unpaired) electrons. The van der Waals surface area contributed by atoms with E-state index in [1.54, 1.807) is 13.8 Å². The number of aryl methyl sites for hydroxylation is 1. The molecule has 1 rings (SSSR count). The molecule has 0 aliphatic rings. The molecule has 0 amide bonds. The Bertz CT molecular complexity index is 447. The van der Waals surface area contributed by atoms with Crippen molar-refractivity contribution < 1.29 is 13.2 Å². The molecular weight excluding hydrogens is 265 g/mol. The maximum Gasteiger partial charge on any atom is 0.406 e. The second kappa shape index (κ2) is 5.47. The van der Waals surface area contributed by atoms with Gasteiger partial charge in [0.05, 0.1) is 0 Å². The molecule has 1 aromatic heterocycles. The molecule has 0 saturated carbocycles. The van der Waals surface area contributed by atoms with Gasteiger partial charge in [-0.3, -0.25) is 0 Å². The third kappa shape index (κ3) is 4.10. The molecule has 100 valence electrons. The highest BCUT2D eigenvalue weighted by molar-refractivity contribution is 7.80. The smallest absolute Gasteiger partial charge is 0.388 e. The van der Waals surface area contributed by atoms with Crippen LogP contribution in [0.3, 0.4) is 0 Å². The lowest BCUT2D eigenvalue weighted by Gasteiger charge is -2.22. The third-order valence-electron chi connectivity index (χ3n) is 2.13. The van der Waals surface area contributed by atoms with Crippen LogP contribution >= 0.6 is 12.2 Å². The standard InChI is InChI=1S/C10H13F3N4S/c1-3-17(5-10(11,12)13)9-15-6(2)4-7(16-9)8(14)18/h4H,3,5H2,1-2H3,(H2,14,18). The van der Waals surface area contributed by atoms with Gasteiger partial charge in [-0.15, -0.1) is 0 Å². The number of hydrogen-bond acceptors (Lipinski definition) is 4. The van der Waals surface area contributed by atoms with Crippen molar-refractivity contribution in [2.45, 2.75) is 20.0 Å². The predicted octanol–water partition coefficient (Wildman–Crippen LogP) is 1.81. The Morgan fingerprint density at radius 1 is 1.44 bits per heavy atom. The summed E-state index contributed by atoms with van der Waals surface area (Å²) in [5.74, 6) is -0.0161. The van der Waals surface area contributed by atoms with Gasteiger partial charge in [0.25, 0.3) is 0 Å². The lowest BCUT2D eigenvalue weighted by molar-refractivity contribution is -0.119. The van der Waals surface area contributed by atoms with Crippen LogP contribution in [0.15, 0.2) is 6.07 Å². The Morgan fingerprint density at radius 2 is 2.06 bits per heavy atom. The fourth-order valence-corrected chi connectivity index (χ4v) is 1.47. The first-order valence-corrected chi connectivity index (χ1v) is 5.61. The highest BCUT2D eigenvalue weighted by Crippen LogP contribution is 2.19. The largest absolute Gasteiger partial charge is 0.406 e. The average Bonchev–Trinajstić information content (AvgIpc) is 2.23. The van der Waals surface area contributed by atoms with Crippen molar-refractivity contribution >= 4 is 23.2 Å². The maximum absolute atomic E-state index is 12.4. The van der Waals surface area contributed by atoms with E-state index in [-0.39, 0.29) is 23.2 Å². The number of thiocarbonyl (C=S) groups is 1. The minimum absolute atomic E-state index is 0.0161. The van der Waals surface area contributed by atoms with E-state index in [9.17, 15) is 13.2 Å². The zero-order valence-electron chi connectivity index (χ0n) is 9.95. The van der Waals surface area contributed by atoms with Gasteiger partial charge in [-0.2, -0.15) is 13.2 Å². The summed E-state index contributed by atoms with van der Waals surface area (Å²) in [6.45, 7) is 2.27. The molecule has 0 aromatic carbocycles. The van der Waals surface area contributed by atoms with Crippen LogP contribution in [0, 0.1) is 6.92 Å². The van der Waals surface area contributed by atoms with Gasteiger partial charge in [0, 0.05) is 12.2 Å². The van der Waals surface area contributed by atoms with E-state index in [2.05, 4.69) is 9.97 Å². The third-order valence-corrected chi connectivity index (χ3v) is 2.34. The number of nitrogens with two attached hydrogens (primary N) is 1. The van der Waals surface area contributed by atoms with Crippen LogP contribution in [-0.2, 0) is 0 Å². The van der Waals surface area contributed by atoms with Gasteiger partial charge < -0.3 is 10.6 Å². The molecule has 0 fully saturated rings. The molecule has 1 heterocycles. The molecule has 0 spiro atoms. The number of anilines is 1. The Labute approximate surface area is 108 Å². The van der Waals surface area contributed by atoms with Crippen LogP contribution in [0.1, 0.15) is 18.3 Å². The van der Waals surface area contributed by atoms with Gasteiger partial charge >= 0.3 is 6.18 Å². The molecule has 0 aliphatic carbocycles. The molecule has 0 saturated heterocycles. The summed E-state index contributed by atoms with van der Waals surface area (Å²) < 4.78 is 37.2. The van der Waals surface area contributed by atoms with Crippen LogP contribution in [0.5, 0.6) is 0 Å². The molecule has 1 aromatic rings. The Hall–Kier alpha value is -1.44. The topological polar surface area (TPSA) is 55.0 Å². The normalized spacial score (nSPS) is 11.4.